The molecule has 0 fully saturated rings. The van der Waals surface area contributed by atoms with Crippen LogP contribution < -0.4 is 5.32 Å². The summed E-state index contributed by atoms with van der Waals surface area (Å²) in [5, 5.41) is 3.43. The van der Waals surface area contributed by atoms with Gasteiger partial charge in [-0.05, 0) is 38.5 Å². The Morgan fingerprint density at radius 2 is 1.76 bits per heavy atom. The van der Waals surface area contributed by atoms with Crippen LogP contribution in [-0.2, 0) is 19.1 Å². The summed E-state index contributed by atoms with van der Waals surface area (Å²) in [7, 11) is 0. The van der Waals surface area contributed by atoms with E-state index in [2.05, 4.69) is 5.32 Å². The molecular formula is C15H18ClNO4. The molecule has 0 saturated carbocycles. The summed E-state index contributed by atoms with van der Waals surface area (Å²) in [4.78, 5) is 23.5. The van der Waals surface area contributed by atoms with Gasteiger partial charge in [0.15, 0.2) is 5.57 Å². The fraction of sp³-hybridized carbons (Fsp3) is 0.333. The van der Waals surface area contributed by atoms with Gasteiger partial charge in [-0.2, -0.15) is 0 Å². The van der Waals surface area contributed by atoms with E-state index in [0.29, 0.717) is 10.7 Å². The standard InChI is InChI=1S/C15H18ClNO4/c1-4-20-14(18)12(15(19)21-5-2)9-17-11-7-6-10(3)13(16)8-11/h6-9,17H,4-5H2,1-3H3. The first-order valence-electron chi connectivity index (χ1n) is 6.56. The summed E-state index contributed by atoms with van der Waals surface area (Å²) in [5.74, 6) is -1.47. The van der Waals surface area contributed by atoms with E-state index in [1.807, 2.05) is 13.0 Å². The molecule has 1 aromatic carbocycles. The number of benzene rings is 1. The van der Waals surface area contributed by atoms with E-state index in [4.69, 9.17) is 21.1 Å². The van der Waals surface area contributed by atoms with Gasteiger partial charge in [0, 0.05) is 16.9 Å². The number of anilines is 1. The van der Waals surface area contributed by atoms with E-state index >= 15 is 0 Å². The molecule has 0 aliphatic heterocycles. The Morgan fingerprint density at radius 3 is 2.24 bits per heavy atom. The van der Waals surface area contributed by atoms with Gasteiger partial charge >= 0.3 is 11.9 Å². The van der Waals surface area contributed by atoms with Crippen LogP contribution in [0.1, 0.15) is 19.4 Å². The number of nitrogens with one attached hydrogen (secondary N) is 1. The van der Waals surface area contributed by atoms with E-state index in [1.165, 1.54) is 6.20 Å². The molecule has 1 N–H and O–H groups in total. The van der Waals surface area contributed by atoms with Crippen LogP contribution in [0.3, 0.4) is 0 Å². The maximum absolute atomic E-state index is 11.7. The smallest absolute Gasteiger partial charge is 0.347 e. The Bertz CT molecular complexity index is 535. The van der Waals surface area contributed by atoms with Crippen LogP contribution in [0.2, 0.25) is 5.02 Å². The van der Waals surface area contributed by atoms with Crippen LogP contribution >= 0.6 is 11.6 Å². The van der Waals surface area contributed by atoms with E-state index in [9.17, 15) is 9.59 Å². The third-order valence-electron chi connectivity index (χ3n) is 2.55. The number of carbonyl (C=O) groups excluding carboxylic acids is 2. The van der Waals surface area contributed by atoms with Crippen molar-refractivity contribution in [2.45, 2.75) is 20.8 Å². The maximum Gasteiger partial charge on any atom is 0.347 e. The number of aryl methyl sites for hydroxylation is 1. The Hall–Kier alpha value is -2.01. The molecule has 1 aromatic rings. The van der Waals surface area contributed by atoms with E-state index in [0.717, 1.165) is 5.56 Å². The van der Waals surface area contributed by atoms with Crippen molar-refractivity contribution in [3.05, 3.63) is 40.6 Å². The van der Waals surface area contributed by atoms with E-state index < -0.39 is 11.9 Å². The Labute approximate surface area is 128 Å². The minimum absolute atomic E-state index is 0.173. The molecule has 0 aromatic heterocycles. The van der Waals surface area contributed by atoms with Crippen LogP contribution in [0.5, 0.6) is 0 Å². The zero-order valence-electron chi connectivity index (χ0n) is 12.2. The highest BCUT2D eigenvalue weighted by molar-refractivity contribution is 6.31. The fourth-order valence-electron chi connectivity index (χ4n) is 1.46. The monoisotopic (exact) mass is 311 g/mol. The Morgan fingerprint density at radius 1 is 1.19 bits per heavy atom. The molecule has 1 rings (SSSR count). The Balaban J connectivity index is 2.93. The lowest BCUT2D eigenvalue weighted by Gasteiger charge is -2.08. The molecule has 5 nitrogen and oxygen atoms in total. The molecule has 0 heterocycles. The van der Waals surface area contributed by atoms with Crippen molar-refractivity contribution in [2.24, 2.45) is 0 Å². The number of hydrogen-bond donors (Lipinski definition) is 1. The molecular weight excluding hydrogens is 294 g/mol. The van der Waals surface area contributed by atoms with Gasteiger partial charge in [-0.1, -0.05) is 17.7 Å². The number of halogens is 1. The normalized spacial score (nSPS) is 9.71. The lowest BCUT2D eigenvalue weighted by atomic mass is 10.2. The van der Waals surface area contributed by atoms with Crippen LogP contribution in [-0.4, -0.2) is 25.2 Å². The number of carbonyl (C=O) groups is 2. The van der Waals surface area contributed by atoms with Crippen LogP contribution in [0, 0.1) is 6.92 Å². The molecule has 0 amide bonds. The summed E-state index contributed by atoms with van der Waals surface area (Å²) >= 11 is 6.01. The van der Waals surface area contributed by atoms with Crippen molar-refractivity contribution < 1.29 is 19.1 Å². The molecule has 0 saturated heterocycles. The van der Waals surface area contributed by atoms with Crippen molar-refractivity contribution >= 4 is 29.2 Å². The average Bonchev–Trinajstić information content (AvgIpc) is 2.43. The fourth-order valence-corrected chi connectivity index (χ4v) is 1.64. The topological polar surface area (TPSA) is 64.6 Å². The third kappa shape index (κ3) is 5.11. The second kappa shape index (κ2) is 8.32. The molecule has 6 heteroatoms. The van der Waals surface area contributed by atoms with Crippen LogP contribution in [0.25, 0.3) is 0 Å². The second-order valence-electron chi connectivity index (χ2n) is 4.11. The molecule has 21 heavy (non-hydrogen) atoms. The lowest BCUT2D eigenvalue weighted by molar-refractivity contribution is -0.146. The molecule has 0 atom stereocenters. The quantitative estimate of drug-likeness (QED) is 0.378. The average molecular weight is 312 g/mol. The minimum Gasteiger partial charge on any atom is -0.462 e. The zero-order valence-corrected chi connectivity index (χ0v) is 13.0. The van der Waals surface area contributed by atoms with Gasteiger partial charge in [0.1, 0.15) is 0 Å². The highest BCUT2D eigenvalue weighted by atomic mass is 35.5. The van der Waals surface area contributed by atoms with Crippen molar-refractivity contribution in [2.75, 3.05) is 18.5 Å². The van der Waals surface area contributed by atoms with Crippen molar-refractivity contribution in [1.82, 2.24) is 0 Å². The summed E-state index contributed by atoms with van der Waals surface area (Å²) in [6.45, 7) is 5.55. The van der Waals surface area contributed by atoms with Gasteiger partial charge in [0.05, 0.1) is 13.2 Å². The minimum atomic E-state index is -0.735. The van der Waals surface area contributed by atoms with Crippen molar-refractivity contribution in [3.8, 4) is 0 Å². The molecule has 114 valence electrons. The maximum atomic E-state index is 11.7. The number of esters is 2. The first kappa shape index (κ1) is 17.0. The van der Waals surface area contributed by atoms with Gasteiger partial charge in [-0.15, -0.1) is 0 Å². The molecule has 0 bridgehead atoms. The molecule has 0 radical (unpaired) electrons. The number of ether oxygens (including phenoxy) is 2. The lowest BCUT2D eigenvalue weighted by Crippen LogP contribution is -2.19. The first-order chi connectivity index (χ1) is 9.99. The summed E-state index contributed by atoms with van der Waals surface area (Å²) < 4.78 is 9.66. The summed E-state index contributed by atoms with van der Waals surface area (Å²) in [6, 6.07) is 5.31. The van der Waals surface area contributed by atoms with Gasteiger partial charge in [0.25, 0.3) is 0 Å². The third-order valence-corrected chi connectivity index (χ3v) is 2.95. The largest absolute Gasteiger partial charge is 0.462 e. The highest BCUT2D eigenvalue weighted by Crippen LogP contribution is 2.20. The Kier molecular flexibility index (Phi) is 6.75. The molecule has 0 spiro atoms. The molecule has 0 aliphatic carbocycles. The SMILES string of the molecule is CCOC(=O)C(=CNc1ccc(C)c(Cl)c1)C(=O)OCC. The van der Waals surface area contributed by atoms with E-state index in [1.54, 1.807) is 26.0 Å². The number of rotatable bonds is 6. The highest BCUT2D eigenvalue weighted by Gasteiger charge is 2.20. The van der Waals surface area contributed by atoms with Crippen molar-refractivity contribution in [3.63, 3.8) is 0 Å². The molecule has 0 aliphatic rings. The molecule has 0 unspecified atom stereocenters. The summed E-state index contributed by atoms with van der Waals surface area (Å²) in [5.41, 5.74) is 1.38. The van der Waals surface area contributed by atoms with Gasteiger partial charge < -0.3 is 14.8 Å². The van der Waals surface area contributed by atoms with Gasteiger partial charge in [-0.25, -0.2) is 9.59 Å². The van der Waals surface area contributed by atoms with Crippen molar-refractivity contribution in [1.29, 1.82) is 0 Å². The zero-order chi connectivity index (χ0) is 15.8. The summed E-state index contributed by atoms with van der Waals surface area (Å²) in [6.07, 6.45) is 1.26. The first-order valence-corrected chi connectivity index (χ1v) is 6.94. The van der Waals surface area contributed by atoms with Gasteiger partial charge in [0.2, 0.25) is 0 Å². The van der Waals surface area contributed by atoms with Crippen LogP contribution in [0.4, 0.5) is 5.69 Å². The van der Waals surface area contributed by atoms with E-state index in [-0.39, 0.29) is 18.8 Å². The predicted molar refractivity (Wildman–Crippen MR) is 81.2 cm³/mol. The van der Waals surface area contributed by atoms with Gasteiger partial charge in [-0.3, -0.25) is 0 Å². The predicted octanol–water partition coefficient (Wildman–Crippen LogP) is 3.07. The number of hydrogen-bond acceptors (Lipinski definition) is 5. The van der Waals surface area contributed by atoms with Crippen LogP contribution in [0.15, 0.2) is 30.0 Å². The second-order valence-corrected chi connectivity index (χ2v) is 4.51.